The molecule has 0 saturated heterocycles. The highest BCUT2D eigenvalue weighted by molar-refractivity contribution is 7.09. The number of hydrogen-bond donors (Lipinski definition) is 2. The Hall–Kier alpha value is -3.69. The lowest BCUT2D eigenvalue weighted by Gasteiger charge is -2.10. The van der Waals surface area contributed by atoms with Crippen molar-refractivity contribution in [2.24, 2.45) is 0 Å². The number of hydrogen-bond acceptors (Lipinski definition) is 7. The largest absolute Gasteiger partial charge is 0.497 e. The van der Waals surface area contributed by atoms with E-state index in [1.807, 2.05) is 11.4 Å². The zero-order valence-corrected chi connectivity index (χ0v) is 19.7. The molecule has 7 nitrogen and oxygen atoms in total. The van der Waals surface area contributed by atoms with Crippen LogP contribution in [-0.4, -0.2) is 33.4 Å². The van der Waals surface area contributed by atoms with Gasteiger partial charge in [-0.05, 0) is 54.3 Å². The van der Waals surface area contributed by atoms with Gasteiger partial charge >= 0.3 is 0 Å². The highest BCUT2D eigenvalue weighted by Gasteiger charge is 2.21. The Balaban J connectivity index is 1.62. The van der Waals surface area contributed by atoms with Crippen molar-refractivity contribution in [1.82, 2.24) is 19.7 Å². The molecule has 2 aromatic carbocycles. The lowest BCUT2D eigenvalue weighted by Crippen LogP contribution is -2.08. The summed E-state index contributed by atoms with van der Waals surface area (Å²) < 4.78 is 21.8. The number of nitrogen functional groups attached to an aromatic ring is 1. The van der Waals surface area contributed by atoms with E-state index in [1.165, 1.54) is 18.1 Å². The van der Waals surface area contributed by atoms with E-state index in [9.17, 15) is 0 Å². The van der Waals surface area contributed by atoms with Gasteiger partial charge in [0.05, 0.1) is 23.9 Å². The predicted octanol–water partition coefficient (Wildman–Crippen LogP) is 5.58. The van der Waals surface area contributed by atoms with Crippen LogP contribution in [-0.2, 0) is 6.42 Å². The average Bonchev–Trinajstić information content (AvgIpc) is 3.47. The fraction of sp³-hybridized carbons (Fsp3) is 0.125. The summed E-state index contributed by atoms with van der Waals surface area (Å²) in [7, 11) is 1.49. The van der Waals surface area contributed by atoms with Gasteiger partial charge < -0.3 is 15.8 Å². The van der Waals surface area contributed by atoms with E-state index in [0.29, 0.717) is 51.5 Å². The van der Waals surface area contributed by atoms with Crippen molar-refractivity contribution in [2.75, 3.05) is 24.7 Å². The summed E-state index contributed by atoms with van der Waals surface area (Å²) in [5.41, 5.74) is 8.17. The van der Waals surface area contributed by atoms with Gasteiger partial charge in [0.2, 0.25) is 5.95 Å². The summed E-state index contributed by atoms with van der Waals surface area (Å²) in [4.78, 5) is 10.4. The topological polar surface area (TPSA) is 90.9 Å². The molecule has 0 spiro atoms. The molecule has 172 valence electrons. The van der Waals surface area contributed by atoms with Crippen molar-refractivity contribution in [1.29, 1.82) is 0 Å². The van der Waals surface area contributed by atoms with Crippen LogP contribution >= 0.6 is 22.9 Å². The number of rotatable bonds is 7. The first kappa shape index (κ1) is 22.1. The van der Waals surface area contributed by atoms with Crippen molar-refractivity contribution < 1.29 is 9.13 Å². The Morgan fingerprint density at radius 1 is 1.15 bits per heavy atom. The Morgan fingerprint density at radius 3 is 2.68 bits per heavy atom. The second kappa shape index (κ2) is 9.28. The summed E-state index contributed by atoms with van der Waals surface area (Å²) in [6.07, 6.45) is 0.812. The number of fused-ring (bicyclic) bond motifs is 1. The Morgan fingerprint density at radius 2 is 1.97 bits per heavy atom. The number of anilines is 2. The van der Waals surface area contributed by atoms with Gasteiger partial charge in [0.15, 0.2) is 5.65 Å². The van der Waals surface area contributed by atoms with Crippen molar-refractivity contribution >= 4 is 45.7 Å². The summed E-state index contributed by atoms with van der Waals surface area (Å²) in [6.45, 7) is 0.615. The maximum atomic E-state index is 15.1. The van der Waals surface area contributed by atoms with Crippen molar-refractivity contribution in [3.8, 4) is 22.7 Å². The number of nitrogens with two attached hydrogens (primary N) is 1. The molecule has 0 atom stereocenters. The first-order valence-corrected chi connectivity index (χ1v) is 11.7. The van der Waals surface area contributed by atoms with Crippen molar-refractivity contribution in [3.05, 3.63) is 75.7 Å². The molecule has 10 heteroatoms. The number of aromatic nitrogens is 4. The maximum absolute atomic E-state index is 15.1. The van der Waals surface area contributed by atoms with Gasteiger partial charge in [-0.3, -0.25) is 0 Å². The number of nitrogens with one attached hydrogen (secondary N) is 1. The minimum Gasteiger partial charge on any atom is -0.497 e. The van der Waals surface area contributed by atoms with Gasteiger partial charge in [-0.15, -0.1) is 16.4 Å². The van der Waals surface area contributed by atoms with Crippen LogP contribution in [0.2, 0.25) is 5.02 Å². The molecule has 0 aliphatic heterocycles. The second-order valence-electron chi connectivity index (χ2n) is 7.47. The number of halogens is 2. The van der Waals surface area contributed by atoms with E-state index in [2.05, 4.69) is 26.4 Å². The standard InChI is InChI=1S/C24H20ClFN6OS/c1-33-16-8-9-18(19(26)13-16)21-20-22(27)32(15-6-4-14(25)5-7-15)31-23(20)30-24(29-21)28-11-10-17-3-2-12-34-17/h2-9,12-13H,10-11,27H2,1H3,(H,28,30,31). The molecule has 5 aromatic rings. The normalized spacial score (nSPS) is 11.1. The number of ether oxygens (including phenoxy) is 1. The van der Waals surface area contributed by atoms with Crippen LogP contribution in [0.1, 0.15) is 4.88 Å². The summed E-state index contributed by atoms with van der Waals surface area (Å²) in [6, 6.07) is 15.8. The molecule has 3 heterocycles. The summed E-state index contributed by atoms with van der Waals surface area (Å²) in [5, 5.41) is 10.9. The molecule has 5 rings (SSSR count). The average molecular weight is 495 g/mol. The maximum Gasteiger partial charge on any atom is 0.225 e. The SMILES string of the molecule is COc1ccc(-c2nc(NCCc3cccs3)nc3nn(-c4ccc(Cl)cc4)c(N)c23)c(F)c1. The first-order valence-electron chi connectivity index (χ1n) is 10.5. The Kier molecular flexibility index (Phi) is 6.04. The molecule has 0 amide bonds. The molecule has 0 aliphatic carbocycles. The third-order valence-electron chi connectivity index (χ3n) is 5.31. The first-order chi connectivity index (χ1) is 16.5. The van der Waals surface area contributed by atoms with Crippen molar-refractivity contribution in [3.63, 3.8) is 0 Å². The molecule has 34 heavy (non-hydrogen) atoms. The number of benzene rings is 2. The fourth-order valence-corrected chi connectivity index (χ4v) is 4.47. The number of thiophene rings is 1. The van der Waals surface area contributed by atoms with Crippen LogP contribution in [0, 0.1) is 5.82 Å². The quantitative estimate of drug-likeness (QED) is 0.307. The molecule has 0 saturated carbocycles. The third-order valence-corrected chi connectivity index (χ3v) is 6.49. The zero-order valence-electron chi connectivity index (χ0n) is 18.1. The lowest BCUT2D eigenvalue weighted by atomic mass is 10.1. The molecule has 0 fully saturated rings. The van der Waals surface area contributed by atoms with Crippen LogP contribution in [0.3, 0.4) is 0 Å². The van der Waals surface area contributed by atoms with Crippen LogP contribution in [0.25, 0.3) is 28.0 Å². The van der Waals surface area contributed by atoms with E-state index >= 15 is 4.39 Å². The molecule has 0 unspecified atom stereocenters. The van der Waals surface area contributed by atoms with E-state index in [-0.39, 0.29) is 5.56 Å². The van der Waals surface area contributed by atoms with E-state index in [4.69, 9.17) is 22.1 Å². The monoisotopic (exact) mass is 494 g/mol. The van der Waals surface area contributed by atoms with Gasteiger partial charge in [-0.1, -0.05) is 17.7 Å². The lowest BCUT2D eigenvalue weighted by molar-refractivity contribution is 0.411. The van der Waals surface area contributed by atoms with Crippen LogP contribution in [0.4, 0.5) is 16.2 Å². The fourth-order valence-electron chi connectivity index (χ4n) is 3.63. The second-order valence-corrected chi connectivity index (χ2v) is 8.94. The Labute approximate surface area is 204 Å². The highest BCUT2D eigenvalue weighted by atomic mass is 35.5. The van der Waals surface area contributed by atoms with Gasteiger partial charge in [-0.25, -0.2) is 14.1 Å². The van der Waals surface area contributed by atoms with Gasteiger partial charge in [0.1, 0.15) is 17.4 Å². The van der Waals surface area contributed by atoms with Gasteiger partial charge in [0, 0.05) is 28.1 Å². The van der Waals surface area contributed by atoms with Crippen molar-refractivity contribution in [2.45, 2.75) is 6.42 Å². The number of methoxy groups -OCH3 is 1. The number of nitrogens with zero attached hydrogens (tertiary/aromatic N) is 4. The Bertz CT molecular complexity index is 1450. The molecule has 0 aliphatic rings. The molecule has 0 bridgehead atoms. The molecule has 3 aromatic heterocycles. The highest BCUT2D eigenvalue weighted by Crippen LogP contribution is 2.35. The third kappa shape index (κ3) is 4.27. The zero-order chi connectivity index (χ0) is 23.7. The van der Waals surface area contributed by atoms with E-state index in [1.54, 1.807) is 52.4 Å². The minimum atomic E-state index is -0.484. The molecular formula is C24H20ClFN6OS. The van der Waals surface area contributed by atoms with E-state index < -0.39 is 5.82 Å². The van der Waals surface area contributed by atoms with Crippen LogP contribution in [0.5, 0.6) is 5.75 Å². The smallest absolute Gasteiger partial charge is 0.225 e. The molecule has 3 N–H and O–H groups in total. The van der Waals surface area contributed by atoms with Gasteiger partial charge in [0.25, 0.3) is 0 Å². The molecular weight excluding hydrogens is 475 g/mol. The molecule has 0 radical (unpaired) electrons. The predicted molar refractivity (Wildman–Crippen MR) is 135 cm³/mol. The van der Waals surface area contributed by atoms with Crippen LogP contribution < -0.4 is 15.8 Å². The van der Waals surface area contributed by atoms with Crippen LogP contribution in [0.15, 0.2) is 60.0 Å². The van der Waals surface area contributed by atoms with Gasteiger partial charge in [-0.2, -0.15) is 4.98 Å². The van der Waals surface area contributed by atoms with E-state index in [0.717, 1.165) is 6.42 Å². The summed E-state index contributed by atoms with van der Waals surface area (Å²) >= 11 is 7.71. The minimum absolute atomic E-state index is 0.275. The summed E-state index contributed by atoms with van der Waals surface area (Å²) in [5.74, 6) is 0.566.